The number of para-hydroxylation sites is 3. The zero-order valence-electron chi connectivity index (χ0n) is 19.0. The van der Waals surface area contributed by atoms with Gasteiger partial charge in [-0.1, -0.05) is 42.5 Å². The Morgan fingerprint density at radius 1 is 1.00 bits per heavy atom. The summed E-state index contributed by atoms with van der Waals surface area (Å²) < 4.78 is 10.2. The standard InChI is InChI=1S/C20H19N3O2S.C7H6O2/c24-19(25)14-7-5-13(6-8-14)11-21-20(26)23-10-9-16-15-3-1-2-4-17(15)22-18(16)12-23;1-2-4-7-6(3-1)8-5-9-7/h1-8,22H,9-12H2,(H,21,26)(H,24,25);1-4H,5H2. The van der Waals surface area contributed by atoms with Gasteiger partial charge in [-0.2, -0.15) is 0 Å². The minimum Gasteiger partial charge on any atom is -0.478 e. The fraction of sp³-hybridized carbons (Fsp3) is 0.185. The normalized spacial score (nSPS) is 13.5. The molecule has 3 N–H and O–H groups in total. The van der Waals surface area contributed by atoms with Crippen molar-refractivity contribution >= 4 is 34.2 Å². The van der Waals surface area contributed by atoms with E-state index in [2.05, 4.69) is 33.4 Å². The van der Waals surface area contributed by atoms with E-state index in [-0.39, 0.29) is 0 Å². The van der Waals surface area contributed by atoms with Crippen LogP contribution >= 0.6 is 12.2 Å². The van der Waals surface area contributed by atoms with Crippen LogP contribution in [-0.4, -0.2) is 39.4 Å². The summed E-state index contributed by atoms with van der Waals surface area (Å²) >= 11 is 5.56. The zero-order valence-corrected chi connectivity index (χ0v) is 19.8. The summed E-state index contributed by atoms with van der Waals surface area (Å²) in [6.45, 7) is 2.60. The SMILES string of the molecule is O=C(O)c1ccc(CNC(=S)N2CCc3c([nH]c4ccccc34)C2)cc1.c1ccc2c(c1)OCO2. The number of fused-ring (bicyclic) bond motifs is 4. The molecule has 0 aliphatic carbocycles. The molecule has 0 radical (unpaired) electrons. The van der Waals surface area contributed by atoms with E-state index >= 15 is 0 Å². The Morgan fingerprint density at radius 3 is 2.40 bits per heavy atom. The highest BCUT2D eigenvalue weighted by molar-refractivity contribution is 7.80. The molecule has 3 aromatic carbocycles. The molecule has 2 aliphatic rings. The molecule has 0 saturated carbocycles. The topological polar surface area (TPSA) is 86.8 Å². The molecule has 0 atom stereocenters. The number of aromatic amines is 1. The van der Waals surface area contributed by atoms with E-state index in [1.807, 2.05) is 42.5 Å². The third-order valence-corrected chi connectivity index (χ3v) is 6.50. The molecule has 178 valence electrons. The molecular formula is C27H25N3O4S. The molecule has 35 heavy (non-hydrogen) atoms. The summed E-state index contributed by atoms with van der Waals surface area (Å²) in [5.74, 6) is 0.775. The predicted octanol–water partition coefficient (Wildman–Crippen LogP) is 4.71. The molecule has 2 aliphatic heterocycles. The van der Waals surface area contributed by atoms with Gasteiger partial charge in [-0.05, 0) is 60.1 Å². The smallest absolute Gasteiger partial charge is 0.335 e. The molecule has 0 bridgehead atoms. The molecule has 8 heteroatoms. The van der Waals surface area contributed by atoms with Gasteiger partial charge in [0.25, 0.3) is 0 Å². The molecule has 0 unspecified atom stereocenters. The maximum atomic E-state index is 10.9. The van der Waals surface area contributed by atoms with E-state index in [0.29, 0.717) is 18.9 Å². The van der Waals surface area contributed by atoms with Crippen molar-refractivity contribution in [1.29, 1.82) is 0 Å². The Labute approximate surface area is 208 Å². The molecule has 4 aromatic rings. The predicted molar refractivity (Wildman–Crippen MR) is 138 cm³/mol. The van der Waals surface area contributed by atoms with Crippen LogP contribution in [0.3, 0.4) is 0 Å². The second kappa shape index (κ2) is 10.1. The molecular weight excluding hydrogens is 462 g/mol. The number of rotatable bonds is 3. The van der Waals surface area contributed by atoms with Crippen molar-refractivity contribution in [1.82, 2.24) is 15.2 Å². The summed E-state index contributed by atoms with van der Waals surface area (Å²) in [5.41, 5.74) is 5.09. The maximum absolute atomic E-state index is 10.9. The Kier molecular flexibility index (Phi) is 6.54. The lowest BCUT2D eigenvalue weighted by atomic mass is 10.0. The third kappa shape index (κ3) is 5.07. The van der Waals surface area contributed by atoms with Crippen LogP contribution in [0.25, 0.3) is 10.9 Å². The number of thiocarbonyl (C=S) groups is 1. The van der Waals surface area contributed by atoms with Gasteiger partial charge in [0.1, 0.15) is 0 Å². The van der Waals surface area contributed by atoms with Gasteiger partial charge in [0.15, 0.2) is 16.6 Å². The molecule has 3 heterocycles. The van der Waals surface area contributed by atoms with E-state index < -0.39 is 5.97 Å². The number of aromatic carboxylic acids is 1. The first kappa shape index (κ1) is 22.7. The van der Waals surface area contributed by atoms with Gasteiger partial charge in [-0.25, -0.2) is 4.79 Å². The average molecular weight is 488 g/mol. The first-order chi connectivity index (χ1) is 17.1. The summed E-state index contributed by atoms with van der Waals surface area (Å²) in [5, 5.41) is 14.3. The average Bonchev–Trinajstić information content (AvgIpc) is 3.52. The Hall–Kier alpha value is -4.04. The second-order valence-electron chi connectivity index (χ2n) is 8.31. The Bertz CT molecular complexity index is 1340. The number of hydrogen-bond acceptors (Lipinski definition) is 4. The first-order valence-electron chi connectivity index (χ1n) is 11.4. The highest BCUT2D eigenvalue weighted by atomic mass is 32.1. The van der Waals surface area contributed by atoms with Crippen LogP contribution in [0.1, 0.15) is 27.2 Å². The number of aromatic nitrogens is 1. The summed E-state index contributed by atoms with van der Waals surface area (Å²) in [7, 11) is 0. The number of hydrogen-bond donors (Lipinski definition) is 3. The Balaban J connectivity index is 0.000000234. The number of nitrogens with one attached hydrogen (secondary N) is 2. The van der Waals surface area contributed by atoms with E-state index in [9.17, 15) is 4.79 Å². The van der Waals surface area contributed by atoms with Crippen LogP contribution in [0.2, 0.25) is 0 Å². The number of benzene rings is 3. The van der Waals surface area contributed by atoms with Crippen LogP contribution in [0.5, 0.6) is 11.5 Å². The molecule has 0 spiro atoms. The monoisotopic (exact) mass is 487 g/mol. The van der Waals surface area contributed by atoms with Gasteiger partial charge >= 0.3 is 5.97 Å². The molecule has 7 nitrogen and oxygen atoms in total. The fourth-order valence-electron chi connectivity index (χ4n) is 4.27. The molecule has 1 aromatic heterocycles. The minimum absolute atomic E-state index is 0.290. The summed E-state index contributed by atoms with van der Waals surface area (Å²) in [4.78, 5) is 16.6. The largest absolute Gasteiger partial charge is 0.478 e. The van der Waals surface area contributed by atoms with Crippen LogP contribution in [0.4, 0.5) is 0 Å². The van der Waals surface area contributed by atoms with Crippen LogP contribution in [0, 0.1) is 0 Å². The molecule has 6 rings (SSSR count). The molecule has 0 saturated heterocycles. The lowest BCUT2D eigenvalue weighted by Crippen LogP contribution is -2.42. The van der Waals surface area contributed by atoms with Gasteiger partial charge in [0.2, 0.25) is 6.79 Å². The van der Waals surface area contributed by atoms with Gasteiger partial charge < -0.3 is 29.8 Å². The van der Waals surface area contributed by atoms with E-state index in [1.54, 1.807) is 12.1 Å². The second-order valence-corrected chi connectivity index (χ2v) is 8.70. The zero-order chi connectivity index (χ0) is 24.2. The number of ether oxygens (including phenoxy) is 2. The van der Waals surface area contributed by atoms with Gasteiger partial charge in [0, 0.05) is 29.7 Å². The van der Waals surface area contributed by atoms with E-state index in [1.165, 1.54) is 22.2 Å². The highest BCUT2D eigenvalue weighted by Gasteiger charge is 2.21. The Morgan fingerprint density at radius 2 is 1.69 bits per heavy atom. The summed E-state index contributed by atoms with van der Waals surface area (Å²) in [6, 6.07) is 22.9. The number of H-pyrrole nitrogens is 1. The molecule has 0 fully saturated rings. The van der Waals surface area contributed by atoms with Crippen molar-refractivity contribution in [2.45, 2.75) is 19.5 Å². The minimum atomic E-state index is -0.914. The summed E-state index contributed by atoms with van der Waals surface area (Å²) in [6.07, 6.45) is 0.967. The van der Waals surface area contributed by atoms with Crippen molar-refractivity contribution < 1.29 is 19.4 Å². The fourth-order valence-corrected chi connectivity index (χ4v) is 4.49. The van der Waals surface area contributed by atoms with Crippen molar-refractivity contribution in [3.8, 4) is 11.5 Å². The van der Waals surface area contributed by atoms with Crippen LogP contribution in [-0.2, 0) is 19.5 Å². The lowest BCUT2D eigenvalue weighted by molar-refractivity contribution is 0.0697. The van der Waals surface area contributed by atoms with Crippen molar-refractivity contribution in [2.24, 2.45) is 0 Å². The lowest BCUT2D eigenvalue weighted by Gasteiger charge is -2.29. The maximum Gasteiger partial charge on any atom is 0.335 e. The van der Waals surface area contributed by atoms with Gasteiger partial charge in [-0.3, -0.25) is 0 Å². The van der Waals surface area contributed by atoms with Gasteiger partial charge in [0.05, 0.1) is 12.1 Å². The van der Waals surface area contributed by atoms with Gasteiger partial charge in [-0.15, -0.1) is 0 Å². The van der Waals surface area contributed by atoms with E-state index in [4.69, 9.17) is 26.8 Å². The number of nitrogens with zero attached hydrogens (tertiary/aromatic N) is 1. The highest BCUT2D eigenvalue weighted by Crippen LogP contribution is 2.30. The van der Waals surface area contributed by atoms with E-state index in [0.717, 1.165) is 41.7 Å². The number of carboxylic acids is 1. The van der Waals surface area contributed by atoms with Crippen molar-refractivity contribution in [2.75, 3.05) is 13.3 Å². The number of carbonyl (C=O) groups is 1. The van der Waals surface area contributed by atoms with Crippen molar-refractivity contribution in [3.05, 3.63) is 95.2 Å². The van der Waals surface area contributed by atoms with Crippen LogP contribution < -0.4 is 14.8 Å². The quantitative estimate of drug-likeness (QED) is 0.361. The first-order valence-corrected chi connectivity index (χ1v) is 11.8. The van der Waals surface area contributed by atoms with Crippen molar-refractivity contribution in [3.63, 3.8) is 0 Å². The third-order valence-electron chi connectivity index (χ3n) is 6.09. The number of carboxylic acid groups (broad SMARTS) is 1. The van der Waals surface area contributed by atoms with Crippen LogP contribution in [0.15, 0.2) is 72.8 Å². The molecule has 0 amide bonds.